The Kier molecular flexibility index (Phi) is 5.52. The Morgan fingerprint density at radius 3 is 2.28 bits per heavy atom. The zero-order valence-electron chi connectivity index (χ0n) is 14.8. The minimum atomic E-state index is -5.26. The molecule has 2 N–H and O–H groups in total. The summed E-state index contributed by atoms with van der Waals surface area (Å²) in [7, 11) is 0. The van der Waals surface area contributed by atoms with E-state index in [1.165, 1.54) is 24.3 Å². The van der Waals surface area contributed by atoms with Crippen LogP contribution < -0.4 is 15.5 Å². The fourth-order valence-electron chi connectivity index (χ4n) is 2.88. The molecular formula is C19H15ClF3N3O3. The highest BCUT2D eigenvalue weighted by atomic mass is 35.5. The number of rotatable bonds is 5. The summed E-state index contributed by atoms with van der Waals surface area (Å²) < 4.78 is 41.5. The van der Waals surface area contributed by atoms with Crippen LogP contribution in [0.2, 0.25) is 5.02 Å². The molecule has 1 atom stereocenters. The number of nitrogens with one attached hydrogen (secondary N) is 2. The first-order chi connectivity index (χ1) is 13.6. The second-order valence-corrected chi connectivity index (χ2v) is 6.77. The Morgan fingerprint density at radius 2 is 1.69 bits per heavy atom. The number of benzene rings is 2. The largest absolute Gasteiger partial charge is 0.440 e. The van der Waals surface area contributed by atoms with Crippen molar-refractivity contribution in [3.63, 3.8) is 0 Å². The van der Waals surface area contributed by atoms with Crippen molar-refractivity contribution in [3.05, 3.63) is 65.2 Å². The van der Waals surface area contributed by atoms with Gasteiger partial charge in [0.2, 0.25) is 5.91 Å². The summed E-state index contributed by atoms with van der Waals surface area (Å²) in [6.07, 6.45) is -5.39. The van der Waals surface area contributed by atoms with E-state index in [0.717, 1.165) is 5.56 Å². The van der Waals surface area contributed by atoms with Crippen molar-refractivity contribution in [2.75, 3.05) is 4.90 Å². The standard InChI is InChI=1S/C19H15ClF3N3O3/c20-13-7-9-14(10-8-13)26-16(28)18(19(21,22)23,25-17(26)29)24-15(27)11-6-12-4-2-1-3-5-12/h1-5,7-10H,6,11H2,(H,24,27)(H,25,29). The molecular weight excluding hydrogens is 411 g/mol. The van der Waals surface area contributed by atoms with Gasteiger partial charge in [-0.1, -0.05) is 41.9 Å². The Bertz CT molecular complexity index is 935. The normalized spacial score (nSPS) is 19.2. The molecule has 1 saturated heterocycles. The van der Waals surface area contributed by atoms with Crippen LogP contribution in [0.5, 0.6) is 0 Å². The maximum Gasteiger partial charge on any atom is 0.440 e. The molecule has 0 spiro atoms. The highest BCUT2D eigenvalue weighted by Crippen LogP contribution is 2.36. The van der Waals surface area contributed by atoms with Crippen LogP contribution in [-0.4, -0.2) is 29.7 Å². The molecule has 0 radical (unpaired) electrons. The topological polar surface area (TPSA) is 78.5 Å². The molecule has 3 rings (SSSR count). The predicted molar refractivity (Wildman–Crippen MR) is 99.2 cm³/mol. The van der Waals surface area contributed by atoms with Crippen molar-refractivity contribution < 1.29 is 27.6 Å². The van der Waals surface area contributed by atoms with Crippen molar-refractivity contribution in [1.82, 2.24) is 10.6 Å². The minimum Gasteiger partial charge on any atom is -0.318 e. The van der Waals surface area contributed by atoms with Crippen LogP contribution in [0.4, 0.5) is 23.7 Å². The van der Waals surface area contributed by atoms with Gasteiger partial charge >= 0.3 is 12.2 Å². The molecule has 29 heavy (non-hydrogen) atoms. The van der Waals surface area contributed by atoms with E-state index in [0.29, 0.717) is 4.90 Å². The van der Waals surface area contributed by atoms with Gasteiger partial charge in [-0.25, -0.2) is 9.69 Å². The highest BCUT2D eigenvalue weighted by molar-refractivity contribution is 6.31. The first-order valence-corrected chi connectivity index (χ1v) is 8.86. The number of amides is 4. The maximum atomic E-state index is 13.8. The average molecular weight is 426 g/mol. The molecule has 1 aliphatic rings. The van der Waals surface area contributed by atoms with Gasteiger partial charge in [-0.15, -0.1) is 0 Å². The van der Waals surface area contributed by atoms with Gasteiger partial charge in [0, 0.05) is 11.4 Å². The number of alkyl halides is 3. The Hall–Kier alpha value is -3.07. The molecule has 1 heterocycles. The van der Waals surface area contributed by atoms with E-state index in [2.05, 4.69) is 0 Å². The lowest BCUT2D eigenvalue weighted by molar-refractivity contribution is -0.201. The lowest BCUT2D eigenvalue weighted by Gasteiger charge is -2.29. The Morgan fingerprint density at radius 1 is 1.07 bits per heavy atom. The Balaban J connectivity index is 1.83. The number of carbonyl (C=O) groups is 3. The lowest BCUT2D eigenvalue weighted by Crippen LogP contribution is -2.69. The van der Waals surface area contributed by atoms with Gasteiger partial charge < -0.3 is 5.32 Å². The number of nitrogens with zero attached hydrogens (tertiary/aromatic N) is 1. The second-order valence-electron chi connectivity index (χ2n) is 6.33. The summed E-state index contributed by atoms with van der Waals surface area (Å²) in [6.45, 7) is 0. The minimum absolute atomic E-state index is 0.110. The van der Waals surface area contributed by atoms with Gasteiger partial charge in [-0.2, -0.15) is 13.2 Å². The highest BCUT2D eigenvalue weighted by Gasteiger charge is 2.69. The fraction of sp³-hybridized carbons (Fsp3) is 0.211. The quantitative estimate of drug-likeness (QED) is 0.721. The number of hydrogen-bond donors (Lipinski definition) is 2. The maximum absolute atomic E-state index is 13.8. The van der Waals surface area contributed by atoms with Crippen LogP contribution in [0.25, 0.3) is 0 Å². The van der Waals surface area contributed by atoms with Gasteiger partial charge in [-0.05, 0) is 36.2 Å². The summed E-state index contributed by atoms with van der Waals surface area (Å²) in [5.41, 5.74) is -2.91. The van der Waals surface area contributed by atoms with Gasteiger partial charge in [0.1, 0.15) is 0 Å². The van der Waals surface area contributed by atoms with Crippen LogP contribution in [0.3, 0.4) is 0 Å². The molecule has 2 aromatic carbocycles. The zero-order valence-corrected chi connectivity index (χ0v) is 15.6. The number of urea groups is 1. The van der Waals surface area contributed by atoms with Crippen molar-refractivity contribution in [1.29, 1.82) is 0 Å². The lowest BCUT2D eigenvalue weighted by atomic mass is 10.1. The van der Waals surface area contributed by atoms with Gasteiger partial charge in [0.25, 0.3) is 11.6 Å². The summed E-state index contributed by atoms with van der Waals surface area (Å²) in [6, 6.07) is 12.5. The smallest absolute Gasteiger partial charge is 0.318 e. The molecule has 1 fully saturated rings. The van der Waals surface area contributed by atoms with Crippen LogP contribution in [-0.2, 0) is 16.0 Å². The molecule has 1 unspecified atom stereocenters. The van der Waals surface area contributed by atoms with E-state index in [4.69, 9.17) is 11.6 Å². The third-order valence-electron chi connectivity index (χ3n) is 4.34. The number of imide groups is 1. The number of hydrogen-bond acceptors (Lipinski definition) is 3. The molecule has 0 aromatic heterocycles. The van der Waals surface area contributed by atoms with Crippen molar-refractivity contribution >= 4 is 35.1 Å². The van der Waals surface area contributed by atoms with E-state index in [-0.39, 0.29) is 23.6 Å². The molecule has 10 heteroatoms. The van der Waals surface area contributed by atoms with E-state index in [1.54, 1.807) is 41.0 Å². The number of aryl methyl sites for hydroxylation is 1. The van der Waals surface area contributed by atoms with E-state index >= 15 is 0 Å². The van der Waals surface area contributed by atoms with Gasteiger partial charge in [0.05, 0.1) is 5.69 Å². The monoisotopic (exact) mass is 425 g/mol. The van der Waals surface area contributed by atoms with E-state index in [9.17, 15) is 27.6 Å². The SMILES string of the molecule is O=C(CCc1ccccc1)NC1(C(F)(F)F)NC(=O)N(c2ccc(Cl)cc2)C1=O. The third-order valence-corrected chi connectivity index (χ3v) is 4.59. The molecule has 6 nitrogen and oxygen atoms in total. The summed E-state index contributed by atoms with van der Waals surface area (Å²) in [5.74, 6) is -2.68. The van der Waals surface area contributed by atoms with E-state index in [1.807, 2.05) is 0 Å². The van der Waals surface area contributed by atoms with Crippen LogP contribution >= 0.6 is 11.6 Å². The Labute approximate surface area is 168 Å². The molecule has 0 saturated carbocycles. The number of anilines is 1. The molecule has 4 amide bonds. The molecule has 0 aliphatic carbocycles. The van der Waals surface area contributed by atoms with Gasteiger partial charge in [0.15, 0.2) is 0 Å². The fourth-order valence-corrected chi connectivity index (χ4v) is 3.00. The number of carbonyl (C=O) groups excluding carboxylic acids is 3. The first kappa shape index (κ1) is 20.7. The molecule has 0 bridgehead atoms. The van der Waals surface area contributed by atoms with E-state index < -0.39 is 29.7 Å². The van der Waals surface area contributed by atoms with Crippen molar-refractivity contribution in [2.24, 2.45) is 0 Å². The first-order valence-electron chi connectivity index (χ1n) is 8.48. The summed E-state index contributed by atoms with van der Waals surface area (Å²) in [5, 5.41) is 3.55. The van der Waals surface area contributed by atoms with Crippen molar-refractivity contribution in [3.8, 4) is 0 Å². The molecule has 2 aromatic rings. The van der Waals surface area contributed by atoms with Crippen LogP contribution in [0.15, 0.2) is 54.6 Å². The van der Waals surface area contributed by atoms with Crippen molar-refractivity contribution in [2.45, 2.75) is 24.7 Å². The predicted octanol–water partition coefficient (Wildman–Crippen LogP) is 3.40. The number of halogens is 4. The molecule has 152 valence electrons. The van der Waals surface area contributed by atoms with Gasteiger partial charge in [-0.3, -0.25) is 14.9 Å². The molecule has 1 aliphatic heterocycles. The zero-order chi connectivity index (χ0) is 21.2. The van der Waals surface area contributed by atoms with Crippen LogP contribution in [0.1, 0.15) is 12.0 Å². The summed E-state index contributed by atoms with van der Waals surface area (Å²) >= 11 is 5.73. The third kappa shape index (κ3) is 4.04. The van der Waals surface area contributed by atoms with Crippen LogP contribution in [0, 0.1) is 0 Å². The second kappa shape index (κ2) is 7.75. The average Bonchev–Trinajstić information content (AvgIpc) is 2.92. The summed E-state index contributed by atoms with van der Waals surface area (Å²) in [4.78, 5) is 37.4.